The van der Waals surface area contributed by atoms with E-state index in [1.165, 1.54) is 11.3 Å². The summed E-state index contributed by atoms with van der Waals surface area (Å²) in [6.07, 6.45) is 0.0665. The Labute approximate surface area is 166 Å². The summed E-state index contributed by atoms with van der Waals surface area (Å²) in [6, 6.07) is 17.3. The fourth-order valence-electron chi connectivity index (χ4n) is 3.16. The number of aromatic amines is 1. The first kappa shape index (κ1) is 18.1. The van der Waals surface area contributed by atoms with Gasteiger partial charge in [0.1, 0.15) is 0 Å². The number of ether oxygens (including phenoxy) is 1. The van der Waals surface area contributed by atoms with Crippen LogP contribution in [0.2, 0.25) is 0 Å². The van der Waals surface area contributed by atoms with Crippen LogP contribution in [0.5, 0.6) is 0 Å². The molecule has 0 atom stereocenters. The molecule has 1 N–H and O–H groups in total. The number of para-hydroxylation sites is 1. The van der Waals surface area contributed by atoms with Crippen molar-refractivity contribution in [1.29, 1.82) is 0 Å². The number of aromatic nitrogens is 2. The second-order valence-electron chi connectivity index (χ2n) is 6.41. The predicted octanol–water partition coefficient (Wildman–Crippen LogP) is 4.57. The molecular weight excluding hydrogens is 372 g/mol. The molecular formula is C22H18N2O3S. The fourth-order valence-corrected chi connectivity index (χ4v) is 3.77. The van der Waals surface area contributed by atoms with Crippen LogP contribution in [-0.4, -0.2) is 28.3 Å². The van der Waals surface area contributed by atoms with Crippen LogP contribution < -0.4 is 0 Å². The van der Waals surface area contributed by atoms with Crippen LogP contribution in [0, 0.1) is 6.92 Å². The van der Waals surface area contributed by atoms with Crippen molar-refractivity contribution in [1.82, 2.24) is 9.97 Å². The highest BCUT2D eigenvalue weighted by atomic mass is 32.1. The molecule has 6 heteroatoms. The van der Waals surface area contributed by atoms with Crippen molar-refractivity contribution in [2.75, 3.05) is 6.61 Å². The lowest BCUT2D eigenvalue weighted by atomic mass is 10.0. The molecule has 0 saturated heterocycles. The van der Waals surface area contributed by atoms with Crippen molar-refractivity contribution in [3.8, 4) is 11.3 Å². The lowest BCUT2D eigenvalue weighted by Gasteiger charge is -2.06. The third-order valence-electron chi connectivity index (χ3n) is 4.40. The first-order valence-electron chi connectivity index (χ1n) is 8.88. The van der Waals surface area contributed by atoms with Crippen molar-refractivity contribution >= 4 is 34.0 Å². The second-order valence-corrected chi connectivity index (χ2v) is 7.47. The molecule has 0 amide bonds. The maximum Gasteiger partial charge on any atom is 0.312 e. The number of hydrogen-bond donors (Lipinski definition) is 1. The van der Waals surface area contributed by atoms with Gasteiger partial charge in [0.25, 0.3) is 0 Å². The van der Waals surface area contributed by atoms with Crippen molar-refractivity contribution in [2.45, 2.75) is 13.3 Å². The van der Waals surface area contributed by atoms with Crippen molar-refractivity contribution < 1.29 is 14.3 Å². The van der Waals surface area contributed by atoms with Crippen LogP contribution in [0.15, 0.2) is 60.0 Å². The van der Waals surface area contributed by atoms with E-state index in [9.17, 15) is 9.59 Å². The monoisotopic (exact) mass is 390 g/mol. The topological polar surface area (TPSA) is 72.0 Å². The van der Waals surface area contributed by atoms with Gasteiger partial charge in [-0.05, 0) is 18.6 Å². The molecule has 2 aromatic heterocycles. The Morgan fingerprint density at radius 1 is 1.07 bits per heavy atom. The minimum Gasteiger partial charge on any atom is -0.457 e. The molecule has 4 rings (SSSR count). The molecule has 0 unspecified atom stereocenters. The summed E-state index contributed by atoms with van der Waals surface area (Å²) >= 11 is 1.48. The number of hydrogen-bond acceptors (Lipinski definition) is 5. The summed E-state index contributed by atoms with van der Waals surface area (Å²) < 4.78 is 5.24. The molecule has 0 spiro atoms. The van der Waals surface area contributed by atoms with Gasteiger partial charge in [-0.1, -0.05) is 48.5 Å². The van der Waals surface area contributed by atoms with Gasteiger partial charge in [0.2, 0.25) is 5.78 Å². The standard InChI is InChI=1S/C22H18N2O3S/c1-14-23-16(13-28-14)11-20(26)27-12-19(25)21-17-9-5-6-10-18(17)24-22(21)15-7-3-2-4-8-15/h2-10,13,24H,11-12H2,1H3. The molecule has 4 aromatic rings. The summed E-state index contributed by atoms with van der Waals surface area (Å²) in [4.78, 5) is 32.6. The zero-order chi connectivity index (χ0) is 19.5. The number of H-pyrrole nitrogens is 1. The number of rotatable bonds is 6. The number of ketones is 1. The van der Waals surface area contributed by atoms with Crippen molar-refractivity contribution in [2.24, 2.45) is 0 Å². The van der Waals surface area contributed by atoms with E-state index in [1.54, 1.807) is 0 Å². The van der Waals surface area contributed by atoms with Crippen LogP contribution >= 0.6 is 11.3 Å². The number of aryl methyl sites for hydroxylation is 1. The van der Waals surface area contributed by atoms with Gasteiger partial charge >= 0.3 is 5.97 Å². The van der Waals surface area contributed by atoms with Gasteiger partial charge < -0.3 is 9.72 Å². The van der Waals surface area contributed by atoms with Gasteiger partial charge in [0.15, 0.2) is 6.61 Å². The summed E-state index contributed by atoms with van der Waals surface area (Å²) in [5.74, 6) is -0.695. The Morgan fingerprint density at radius 3 is 2.57 bits per heavy atom. The molecule has 0 aliphatic heterocycles. The Bertz CT molecular complexity index is 1150. The third kappa shape index (κ3) is 3.73. The summed E-state index contributed by atoms with van der Waals surface area (Å²) in [5, 5.41) is 3.54. The molecule has 5 nitrogen and oxygen atoms in total. The summed E-state index contributed by atoms with van der Waals surface area (Å²) in [7, 11) is 0. The van der Waals surface area contributed by atoms with Crippen LogP contribution in [0.4, 0.5) is 0 Å². The van der Waals surface area contributed by atoms with E-state index in [0.29, 0.717) is 11.3 Å². The summed E-state index contributed by atoms with van der Waals surface area (Å²) in [6.45, 7) is 1.58. The Morgan fingerprint density at radius 2 is 1.82 bits per heavy atom. The van der Waals surface area contributed by atoms with E-state index in [-0.39, 0.29) is 18.8 Å². The average Bonchev–Trinajstić information content (AvgIpc) is 3.30. The minimum absolute atomic E-state index is 0.0665. The molecule has 140 valence electrons. The highest BCUT2D eigenvalue weighted by molar-refractivity contribution is 7.09. The molecule has 2 aromatic carbocycles. The minimum atomic E-state index is -0.459. The Hall–Kier alpha value is -3.25. The number of nitrogens with one attached hydrogen (secondary N) is 1. The Kier molecular flexibility index (Phi) is 5.04. The molecule has 0 aliphatic carbocycles. The highest BCUT2D eigenvalue weighted by Crippen LogP contribution is 2.30. The smallest absolute Gasteiger partial charge is 0.312 e. The average molecular weight is 390 g/mol. The molecule has 0 radical (unpaired) electrons. The zero-order valence-electron chi connectivity index (χ0n) is 15.3. The molecule has 2 heterocycles. The Balaban J connectivity index is 1.57. The number of fused-ring (bicyclic) bond motifs is 1. The highest BCUT2D eigenvalue weighted by Gasteiger charge is 2.21. The maximum absolute atomic E-state index is 13.0. The van der Waals surface area contributed by atoms with Gasteiger partial charge in [-0.3, -0.25) is 9.59 Å². The number of carbonyl (C=O) groups is 2. The number of benzene rings is 2. The zero-order valence-corrected chi connectivity index (χ0v) is 16.1. The molecule has 28 heavy (non-hydrogen) atoms. The van der Waals surface area contributed by atoms with Crippen LogP contribution in [0.3, 0.4) is 0 Å². The first-order chi connectivity index (χ1) is 13.6. The van der Waals surface area contributed by atoms with E-state index in [1.807, 2.05) is 66.9 Å². The molecule has 0 aliphatic rings. The molecule has 0 saturated carbocycles. The second kappa shape index (κ2) is 7.78. The maximum atomic E-state index is 13.0. The van der Waals surface area contributed by atoms with E-state index in [0.717, 1.165) is 27.2 Å². The lowest BCUT2D eigenvalue weighted by Crippen LogP contribution is -2.16. The normalized spacial score (nSPS) is 10.9. The first-order valence-corrected chi connectivity index (χ1v) is 9.76. The van der Waals surface area contributed by atoms with E-state index in [2.05, 4.69) is 9.97 Å². The van der Waals surface area contributed by atoms with E-state index in [4.69, 9.17) is 4.74 Å². The quantitative estimate of drug-likeness (QED) is 0.387. The fraction of sp³-hybridized carbons (Fsp3) is 0.136. The van der Waals surface area contributed by atoms with Gasteiger partial charge in [0.05, 0.1) is 28.4 Å². The van der Waals surface area contributed by atoms with Gasteiger partial charge in [-0.15, -0.1) is 11.3 Å². The van der Waals surface area contributed by atoms with Crippen LogP contribution in [-0.2, 0) is 16.0 Å². The molecule has 0 fully saturated rings. The van der Waals surface area contributed by atoms with Crippen molar-refractivity contribution in [3.05, 3.63) is 76.2 Å². The number of thiazole rings is 1. The summed E-state index contributed by atoms with van der Waals surface area (Å²) in [5.41, 5.74) is 3.72. The third-order valence-corrected chi connectivity index (χ3v) is 5.23. The SMILES string of the molecule is Cc1nc(CC(=O)OCC(=O)c2c(-c3ccccc3)[nH]c3ccccc23)cs1. The number of nitrogens with zero attached hydrogens (tertiary/aromatic N) is 1. The van der Waals surface area contributed by atoms with Crippen LogP contribution in [0.1, 0.15) is 21.1 Å². The van der Waals surface area contributed by atoms with Gasteiger partial charge in [-0.2, -0.15) is 0 Å². The number of esters is 1. The van der Waals surface area contributed by atoms with Crippen molar-refractivity contribution in [3.63, 3.8) is 0 Å². The predicted molar refractivity (Wildman–Crippen MR) is 110 cm³/mol. The lowest BCUT2D eigenvalue weighted by molar-refractivity contribution is -0.141. The number of Topliss-reactive ketones (excluding diaryl/α,β-unsaturated/α-hetero) is 1. The number of carbonyl (C=O) groups excluding carboxylic acids is 2. The van der Waals surface area contributed by atoms with E-state index >= 15 is 0 Å². The van der Waals surface area contributed by atoms with Gasteiger partial charge in [-0.25, -0.2) is 4.98 Å². The van der Waals surface area contributed by atoms with Gasteiger partial charge in [0, 0.05) is 16.3 Å². The molecule has 0 bridgehead atoms. The largest absolute Gasteiger partial charge is 0.457 e. The van der Waals surface area contributed by atoms with E-state index < -0.39 is 5.97 Å². The van der Waals surface area contributed by atoms with Crippen LogP contribution in [0.25, 0.3) is 22.2 Å².